The van der Waals surface area contributed by atoms with E-state index >= 15 is 0 Å². The number of hydrogen-bond donors (Lipinski definition) is 1. The van der Waals surface area contributed by atoms with Gasteiger partial charge in [-0.15, -0.1) is 11.3 Å². The minimum atomic E-state index is -0.0565. The van der Waals surface area contributed by atoms with Crippen molar-refractivity contribution in [1.82, 2.24) is 15.1 Å². The highest BCUT2D eigenvalue weighted by molar-refractivity contribution is 7.10. The third-order valence-electron chi connectivity index (χ3n) is 4.08. The predicted octanol–water partition coefficient (Wildman–Crippen LogP) is 3.79. The van der Waals surface area contributed by atoms with E-state index in [0.29, 0.717) is 18.7 Å². The summed E-state index contributed by atoms with van der Waals surface area (Å²) in [5.74, 6) is -0.0565. The maximum atomic E-state index is 12.5. The fourth-order valence-corrected chi connectivity index (χ4v) is 3.55. The van der Waals surface area contributed by atoms with Gasteiger partial charge >= 0.3 is 0 Å². The van der Waals surface area contributed by atoms with Crippen molar-refractivity contribution in [2.45, 2.75) is 33.4 Å². The Bertz CT molecular complexity index is 820. The summed E-state index contributed by atoms with van der Waals surface area (Å²) in [5.41, 5.74) is 4.04. The Balaban J connectivity index is 1.73. The van der Waals surface area contributed by atoms with E-state index in [0.717, 1.165) is 12.1 Å². The normalized spacial score (nSPS) is 10.8. The lowest BCUT2D eigenvalue weighted by atomic mass is 10.1. The first kappa shape index (κ1) is 16.5. The highest BCUT2D eigenvalue weighted by Crippen LogP contribution is 2.16. The molecule has 0 bridgehead atoms. The van der Waals surface area contributed by atoms with Crippen molar-refractivity contribution in [3.05, 3.63) is 75.2 Å². The quantitative estimate of drug-likeness (QED) is 0.743. The minimum absolute atomic E-state index is 0.0565. The molecule has 24 heavy (non-hydrogen) atoms. The first-order valence-corrected chi connectivity index (χ1v) is 8.96. The van der Waals surface area contributed by atoms with Crippen LogP contribution in [-0.4, -0.2) is 15.7 Å². The molecule has 1 N–H and O–H groups in total. The molecule has 1 aromatic carbocycles. The zero-order valence-electron chi connectivity index (χ0n) is 14.0. The van der Waals surface area contributed by atoms with Crippen LogP contribution in [0.4, 0.5) is 0 Å². The fourth-order valence-electron chi connectivity index (χ4n) is 2.71. The number of hydrogen-bond acceptors (Lipinski definition) is 3. The molecule has 0 aliphatic rings. The van der Waals surface area contributed by atoms with Gasteiger partial charge in [0.05, 0.1) is 30.5 Å². The summed E-state index contributed by atoms with van der Waals surface area (Å²) in [7, 11) is 0. The van der Waals surface area contributed by atoms with Crippen LogP contribution in [0.1, 0.15) is 39.0 Å². The van der Waals surface area contributed by atoms with Crippen molar-refractivity contribution in [3.8, 4) is 0 Å². The summed E-state index contributed by atoms with van der Waals surface area (Å²) < 4.78 is 1.92. The number of rotatable bonds is 6. The Morgan fingerprint density at radius 2 is 2.04 bits per heavy atom. The van der Waals surface area contributed by atoms with Crippen molar-refractivity contribution in [1.29, 1.82) is 0 Å². The number of benzene rings is 1. The Labute approximate surface area is 146 Å². The number of carbonyl (C=O) groups excluding carboxylic acids is 1. The predicted molar refractivity (Wildman–Crippen MR) is 97.4 cm³/mol. The standard InChI is InChI=1S/C19H21N3OS/c1-3-17-16(19(23)20-12-18-14(2)9-10-24-18)11-21-22(17)13-15-7-5-4-6-8-15/h4-11H,3,12-13H2,1-2H3,(H,20,23). The van der Waals surface area contributed by atoms with E-state index in [4.69, 9.17) is 0 Å². The van der Waals surface area contributed by atoms with E-state index in [9.17, 15) is 4.79 Å². The van der Waals surface area contributed by atoms with Crippen molar-refractivity contribution in [3.63, 3.8) is 0 Å². The lowest BCUT2D eigenvalue weighted by Crippen LogP contribution is -2.23. The van der Waals surface area contributed by atoms with Crippen LogP contribution in [-0.2, 0) is 19.5 Å². The van der Waals surface area contributed by atoms with Crippen LogP contribution < -0.4 is 5.32 Å². The zero-order valence-corrected chi connectivity index (χ0v) is 14.8. The van der Waals surface area contributed by atoms with Crippen molar-refractivity contribution in [2.75, 3.05) is 0 Å². The fraction of sp³-hybridized carbons (Fsp3) is 0.263. The van der Waals surface area contributed by atoms with E-state index < -0.39 is 0 Å². The van der Waals surface area contributed by atoms with E-state index in [1.165, 1.54) is 16.0 Å². The van der Waals surface area contributed by atoms with E-state index in [2.05, 4.69) is 42.5 Å². The van der Waals surface area contributed by atoms with Gasteiger partial charge in [0.2, 0.25) is 0 Å². The SMILES string of the molecule is CCc1c(C(=O)NCc2sccc2C)cnn1Cc1ccccc1. The molecule has 2 aromatic heterocycles. The summed E-state index contributed by atoms with van der Waals surface area (Å²) >= 11 is 1.67. The number of aromatic nitrogens is 2. The number of aryl methyl sites for hydroxylation is 1. The molecule has 0 aliphatic heterocycles. The molecule has 1 amide bonds. The molecule has 3 aromatic rings. The highest BCUT2D eigenvalue weighted by Gasteiger charge is 2.16. The van der Waals surface area contributed by atoms with Crippen LogP contribution in [0.3, 0.4) is 0 Å². The van der Waals surface area contributed by atoms with Gasteiger partial charge in [0.15, 0.2) is 0 Å². The van der Waals surface area contributed by atoms with Crippen molar-refractivity contribution in [2.24, 2.45) is 0 Å². The van der Waals surface area contributed by atoms with Crippen LogP contribution >= 0.6 is 11.3 Å². The summed E-state index contributed by atoms with van der Waals surface area (Å²) in [5, 5.41) is 9.48. The summed E-state index contributed by atoms with van der Waals surface area (Å²) in [6, 6.07) is 12.2. The third kappa shape index (κ3) is 3.57. The number of nitrogens with zero attached hydrogens (tertiary/aromatic N) is 2. The summed E-state index contributed by atoms with van der Waals surface area (Å²) in [6.07, 6.45) is 2.45. The molecule has 4 nitrogen and oxygen atoms in total. The molecule has 0 atom stereocenters. The molecule has 0 fully saturated rings. The smallest absolute Gasteiger partial charge is 0.255 e. The van der Waals surface area contributed by atoms with Crippen LogP contribution in [0.5, 0.6) is 0 Å². The lowest BCUT2D eigenvalue weighted by molar-refractivity contribution is 0.0950. The number of thiophene rings is 1. The molecule has 0 saturated carbocycles. The monoisotopic (exact) mass is 339 g/mol. The molecular formula is C19H21N3OS. The molecule has 0 radical (unpaired) electrons. The Hall–Kier alpha value is -2.40. The molecule has 0 saturated heterocycles. The molecule has 0 unspecified atom stereocenters. The molecule has 124 valence electrons. The first-order valence-electron chi connectivity index (χ1n) is 8.08. The molecule has 0 spiro atoms. The van der Waals surface area contributed by atoms with Crippen molar-refractivity contribution < 1.29 is 4.79 Å². The van der Waals surface area contributed by atoms with Gasteiger partial charge in [-0.05, 0) is 35.9 Å². The van der Waals surface area contributed by atoms with Gasteiger partial charge in [0.1, 0.15) is 0 Å². The lowest BCUT2D eigenvalue weighted by Gasteiger charge is -2.09. The zero-order chi connectivity index (χ0) is 16.9. The van der Waals surface area contributed by atoms with Gasteiger partial charge in [0.25, 0.3) is 5.91 Å². The molecule has 5 heteroatoms. The molecular weight excluding hydrogens is 318 g/mol. The minimum Gasteiger partial charge on any atom is -0.347 e. The molecule has 2 heterocycles. The van der Waals surface area contributed by atoms with Gasteiger partial charge in [-0.1, -0.05) is 37.3 Å². The average molecular weight is 339 g/mol. The second-order valence-corrected chi connectivity index (χ2v) is 6.71. The van der Waals surface area contributed by atoms with Gasteiger partial charge in [-0.3, -0.25) is 9.48 Å². The molecule has 0 aliphatic carbocycles. The average Bonchev–Trinajstić information content (AvgIpc) is 3.19. The van der Waals surface area contributed by atoms with Crippen LogP contribution in [0.25, 0.3) is 0 Å². The Kier molecular flexibility index (Phi) is 5.11. The molecule has 3 rings (SSSR count). The summed E-state index contributed by atoms with van der Waals surface area (Å²) in [6.45, 7) is 5.36. The van der Waals surface area contributed by atoms with Crippen LogP contribution in [0, 0.1) is 6.92 Å². The van der Waals surface area contributed by atoms with Crippen LogP contribution in [0.2, 0.25) is 0 Å². The Morgan fingerprint density at radius 3 is 2.71 bits per heavy atom. The van der Waals surface area contributed by atoms with Gasteiger partial charge < -0.3 is 5.32 Å². The largest absolute Gasteiger partial charge is 0.347 e. The van der Waals surface area contributed by atoms with E-state index in [-0.39, 0.29) is 5.91 Å². The van der Waals surface area contributed by atoms with E-state index in [1.807, 2.05) is 28.3 Å². The maximum Gasteiger partial charge on any atom is 0.255 e. The van der Waals surface area contributed by atoms with Gasteiger partial charge in [-0.2, -0.15) is 5.10 Å². The third-order valence-corrected chi connectivity index (χ3v) is 5.10. The van der Waals surface area contributed by atoms with Crippen molar-refractivity contribution >= 4 is 17.2 Å². The second-order valence-electron chi connectivity index (χ2n) is 5.71. The Morgan fingerprint density at radius 1 is 1.25 bits per heavy atom. The number of amides is 1. The summed E-state index contributed by atoms with van der Waals surface area (Å²) in [4.78, 5) is 13.7. The van der Waals surface area contributed by atoms with Gasteiger partial charge in [-0.25, -0.2) is 0 Å². The number of nitrogens with one attached hydrogen (secondary N) is 1. The number of carbonyl (C=O) groups is 1. The van der Waals surface area contributed by atoms with E-state index in [1.54, 1.807) is 17.5 Å². The topological polar surface area (TPSA) is 46.9 Å². The van der Waals surface area contributed by atoms with Gasteiger partial charge in [0, 0.05) is 4.88 Å². The van der Waals surface area contributed by atoms with Crippen LogP contribution in [0.15, 0.2) is 48.0 Å². The maximum absolute atomic E-state index is 12.5. The first-order chi connectivity index (χ1) is 11.7. The second kappa shape index (κ2) is 7.45. The highest BCUT2D eigenvalue weighted by atomic mass is 32.1.